The number of nitrogens with one attached hydrogen (secondary N) is 2. The second-order valence-electron chi connectivity index (χ2n) is 4.47. The maximum atomic E-state index is 12.1. The monoisotopic (exact) mass is 263 g/mol. The predicted octanol–water partition coefficient (Wildman–Crippen LogP) is 0.286. The topological polar surface area (TPSA) is 93.4 Å². The van der Waals surface area contributed by atoms with Gasteiger partial charge in [0.1, 0.15) is 5.75 Å². The van der Waals surface area contributed by atoms with Crippen LogP contribution >= 0.6 is 0 Å². The lowest BCUT2D eigenvalue weighted by molar-refractivity contribution is -0.119. The summed E-state index contributed by atoms with van der Waals surface area (Å²) in [4.78, 5) is 23.1. The Hall–Kier alpha value is -2.24. The van der Waals surface area contributed by atoms with E-state index in [0.717, 1.165) is 6.42 Å². The Bertz CT molecular complexity index is 502. The molecule has 0 bridgehead atoms. The lowest BCUT2D eigenvalue weighted by Gasteiger charge is -2.13. The molecule has 0 aliphatic carbocycles. The predicted molar refractivity (Wildman–Crippen MR) is 70.9 cm³/mol. The van der Waals surface area contributed by atoms with E-state index in [0.29, 0.717) is 30.0 Å². The third kappa shape index (κ3) is 3.15. The quantitative estimate of drug-likeness (QED) is 0.680. The molecule has 0 radical (unpaired) electrons. The molecule has 1 aliphatic rings. The minimum atomic E-state index is -0.259. The number of amides is 2. The van der Waals surface area contributed by atoms with Gasteiger partial charge in [0, 0.05) is 24.7 Å². The summed E-state index contributed by atoms with van der Waals surface area (Å²) in [5.74, 6) is 0.244. The van der Waals surface area contributed by atoms with E-state index in [1.807, 2.05) is 0 Å². The highest BCUT2D eigenvalue weighted by atomic mass is 16.5. The van der Waals surface area contributed by atoms with Gasteiger partial charge in [-0.15, -0.1) is 0 Å². The van der Waals surface area contributed by atoms with Gasteiger partial charge in [0.25, 0.3) is 5.91 Å². The van der Waals surface area contributed by atoms with Gasteiger partial charge in [0.2, 0.25) is 5.91 Å². The molecule has 1 aromatic rings. The minimum absolute atomic E-state index is 0.00324. The van der Waals surface area contributed by atoms with Crippen LogP contribution in [0, 0.1) is 0 Å². The summed E-state index contributed by atoms with van der Waals surface area (Å²) in [6, 6.07) is 4.90. The lowest BCUT2D eigenvalue weighted by Crippen LogP contribution is -2.38. The zero-order valence-electron chi connectivity index (χ0n) is 10.7. The Labute approximate surface area is 111 Å². The molecular weight excluding hydrogens is 246 g/mol. The molecular formula is C13H17N3O3. The van der Waals surface area contributed by atoms with Gasteiger partial charge < -0.3 is 21.1 Å². The lowest BCUT2D eigenvalue weighted by atomic mass is 10.1. The maximum absolute atomic E-state index is 12.1. The molecule has 0 spiro atoms. The van der Waals surface area contributed by atoms with Crippen molar-refractivity contribution in [2.24, 2.45) is 0 Å². The van der Waals surface area contributed by atoms with Gasteiger partial charge in [-0.3, -0.25) is 9.59 Å². The molecule has 1 unspecified atom stereocenters. The van der Waals surface area contributed by atoms with Gasteiger partial charge in [-0.2, -0.15) is 0 Å². The van der Waals surface area contributed by atoms with Crippen molar-refractivity contribution < 1.29 is 14.3 Å². The van der Waals surface area contributed by atoms with Crippen LogP contribution in [0.3, 0.4) is 0 Å². The number of ether oxygens (including phenoxy) is 1. The SMILES string of the molecule is COc1ccc(N)cc1C(=O)NCC1CCC(=O)N1. The van der Waals surface area contributed by atoms with Crippen molar-refractivity contribution in [1.29, 1.82) is 0 Å². The van der Waals surface area contributed by atoms with Gasteiger partial charge in [0.15, 0.2) is 0 Å². The molecule has 0 saturated carbocycles. The number of nitrogens with two attached hydrogens (primary N) is 1. The smallest absolute Gasteiger partial charge is 0.255 e. The standard InChI is InChI=1S/C13H17N3O3/c1-19-11-4-2-8(14)6-10(11)13(18)15-7-9-3-5-12(17)16-9/h2,4,6,9H,3,5,7,14H2,1H3,(H,15,18)(H,16,17). The first-order chi connectivity index (χ1) is 9.10. The largest absolute Gasteiger partial charge is 0.496 e. The summed E-state index contributed by atoms with van der Waals surface area (Å²) in [6.45, 7) is 0.405. The normalized spacial score (nSPS) is 17.9. The van der Waals surface area contributed by atoms with Crippen LogP contribution in [0.5, 0.6) is 5.75 Å². The highest BCUT2D eigenvalue weighted by Gasteiger charge is 2.21. The zero-order valence-corrected chi connectivity index (χ0v) is 10.7. The summed E-state index contributed by atoms with van der Waals surface area (Å²) in [5.41, 5.74) is 6.56. The molecule has 2 amide bonds. The highest BCUT2D eigenvalue weighted by Crippen LogP contribution is 2.20. The van der Waals surface area contributed by atoms with Gasteiger partial charge in [-0.05, 0) is 24.6 Å². The summed E-state index contributed by atoms with van der Waals surface area (Å²) >= 11 is 0. The Morgan fingerprint density at radius 3 is 3.00 bits per heavy atom. The molecule has 2 rings (SSSR count). The Morgan fingerprint density at radius 2 is 2.37 bits per heavy atom. The second-order valence-corrected chi connectivity index (χ2v) is 4.47. The van der Waals surface area contributed by atoms with Crippen molar-refractivity contribution in [2.45, 2.75) is 18.9 Å². The fraction of sp³-hybridized carbons (Fsp3) is 0.385. The molecule has 102 valence electrons. The Balaban J connectivity index is 1.99. The van der Waals surface area contributed by atoms with E-state index < -0.39 is 0 Å². The van der Waals surface area contributed by atoms with Gasteiger partial charge >= 0.3 is 0 Å². The Morgan fingerprint density at radius 1 is 1.58 bits per heavy atom. The van der Waals surface area contributed by atoms with E-state index in [2.05, 4.69) is 10.6 Å². The van der Waals surface area contributed by atoms with E-state index >= 15 is 0 Å². The number of carbonyl (C=O) groups is 2. The second kappa shape index (κ2) is 5.60. The van der Waals surface area contributed by atoms with E-state index in [9.17, 15) is 9.59 Å². The minimum Gasteiger partial charge on any atom is -0.496 e. The average molecular weight is 263 g/mol. The number of hydrogen-bond acceptors (Lipinski definition) is 4. The van der Waals surface area contributed by atoms with Crippen LogP contribution < -0.4 is 21.1 Å². The first-order valence-corrected chi connectivity index (χ1v) is 6.11. The van der Waals surface area contributed by atoms with Crippen LogP contribution in [-0.2, 0) is 4.79 Å². The van der Waals surface area contributed by atoms with Crippen molar-refractivity contribution in [1.82, 2.24) is 10.6 Å². The van der Waals surface area contributed by atoms with E-state index in [1.54, 1.807) is 18.2 Å². The van der Waals surface area contributed by atoms with E-state index in [-0.39, 0.29) is 17.9 Å². The van der Waals surface area contributed by atoms with Crippen LogP contribution in [0.1, 0.15) is 23.2 Å². The summed E-state index contributed by atoms with van der Waals surface area (Å²) in [6.07, 6.45) is 1.26. The van der Waals surface area contributed by atoms with Crippen molar-refractivity contribution in [3.63, 3.8) is 0 Å². The van der Waals surface area contributed by atoms with Gasteiger partial charge in [-0.25, -0.2) is 0 Å². The molecule has 0 aromatic heterocycles. The fourth-order valence-electron chi connectivity index (χ4n) is 2.04. The molecule has 1 heterocycles. The van der Waals surface area contributed by atoms with Crippen molar-refractivity contribution in [3.05, 3.63) is 23.8 Å². The van der Waals surface area contributed by atoms with Crippen molar-refractivity contribution in [2.75, 3.05) is 19.4 Å². The zero-order chi connectivity index (χ0) is 13.8. The third-order valence-corrected chi connectivity index (χ3v) is 3.06. The number of anilines is 1. The summed E-state index contributed by atoms with van der Waals surface area (Å²) in [5, 5.41) is 5.57. The summed E-state index contributed by atoms with van der Waals surface area (Å²) < 4.78 is 5.12. The maximum Gasteiger partial charge on any atom is 0.255 e. The van der Waals surface area contributed by atoms with Gasteiger partial charge in [-0.1, -0.05) is 0 Å². The number of nitrogen functional groups attached to an aromatic ring is 1. The number of benzene rings is 1. The molecule has 19 heavy (non-hydrogen) atoms. The van der Waals surface area contributed by atoms with Crippen LogP contribution in [0.25, 0.3) is 0 Å². The van der Waals surface area contributed by atoms with Crippen molar-refractivity contribution >= 4 is 17.5 Å². The molecule has 6 nitrogen and oxygen atoms in total. The molecule has 1 aromatic carbocycles. The van der Waals surface area contributed by atoms with E-state index in [4.69, 9.17) is 10.5 Å². The molecule has 1 fully saturated rings. The molecule has 1 atom stereocenters. The molecule has 6 heteroatoms. The van der Waals surface area contributed by atoms with E-state index in [1.165, 1.54) is 7.11 Å². The molecule has 1 aliphatic heterocycles. The first kappa shape index (κ1) is 13.2. The fourth-order valence-corrected chi connectivity index (χ4v) is 2.04. The molecule has 4 N–H and O–H groups in total. The van der Waals surface area contributed by atoms with Gasteiger partial charge in [0.05, 0.1) is 12.7 Å². The highest BCUT2D eigenvalue weighted by molar-refractivity contribution is 5.97. The molecule has 1 saturated heterocycles. The Kier molecular flexibility index (Phi) is 3.89. The number of methoxy groups -OCH3 is 1. The summed E-state index contributed by atoms with van der Waals surface area (Å²) in [7, 11) is 1.50. The third-order valence-electron chi connectivity index (χ3n) is 3.06. The number of carbonyl (C=O) groups excluding carboxylic acids is 2. The van der Waals surface area contributed by atoms with Crippen LogP contribution in [0.4, 0.5) is 5.69 Å². The number of hydrogen-bond donors (Lipinski definition) is 3. The average Bonchev–Trinajstić information content (AvgIpc) is 2.81. The first-order valence-electron chi connectivity index (χ1n) is 6.11. The van der Waals surface area contributed by atoms with Crippen LogP contribution in [0.2, 0.25) is 0 Å². The number of rotatable bonds is 4. The van der Waals surface area contributed by atoms with Crippen LogP contribution in [-0.4, -0.2) is 31.5 Å². The van der Waals surface area contributed by atoms with Crippen LogP contribution in [0.15, 0.2) is 18.2 Å². The van der Waals surface area contributed by atoms with Crippen molar-refractivity contribution in [3.8, 4) is 5.75 Å².